The van der Waals surface area contributed by atoms with E-state index in [1.165, 1.54) is 0 Å². The minimum atomic E-state index is -0.593. The summed E-state index contributed by atoms with van der Waals surface area (Å²) in [6, 6.07) is 16.9. The van der Waals surface area contributed by atoms with E-state index in [1.807, 2.05) is 60.3 Å². The first kappa shape index (κ1) is 13.5. The van der Waals surface area contributed by atoms with Crippen molar-refractivity contribution in [3.8, 4) is 0 Å². The van der Waals surface area contributed by atoms with Gasteiger partial charge in [0.25, 0.3) is 0 Å². The quantitative estimate of drug-likeness (QED) is 0.539. The largest absolute Gasteiger partial charge is 0.386 e. The van der Waals surface area contributed by atoms with E-state index in [0.29, 0.717) is 16.7 Å². The lowest BCUT2D eigenvalue weighted by Gasteiger charge is -2.02. The fourth-order valence-corrected chi connectivity index (χ4v) is 3.04. The van der Waals surface area contributed by atoms with Gasteiger partial charge in [-0.15, -0.1) is 0 Å². The Hall–Kier alpha value is -3.14. The molecule has 2 heterocycles. The van der Waals surface area contributed by atoms with Gasteiger partial charge in [0.2, 0.25) is 0 Å². The lowest BCUT2D eigenvalue weighted by atomic mass is 9.96. The van der Waals surface area contributed by atoms with Crippen LogP contribution >= 0.6 is 0 Å². The Morgan fingerprint density at radius 3 is 2.26 bits per heavy atom. The van der Waals surface area contributed by atoms with Gasteiger partial charge in [-0.2, -0.15) is 0 Å². The molecule has 3 aromatic rings. The maximum absolute atomic E-state index is 12.3. The molecule has 0 fully saturated rings. The molecule has 4 heteroatoms. The summed E-state index contributed by atoms with van der Waals surface area (Å²) >= 11 is 0. The number of nitrogens with zero attached hydrogens (tertiary/aromatic N) is 1. The Morgan fingerprint density at radius 1 is 0.826 bits per heavy atom. The third-order valence-corrected chi connectivity index (χ3v) is 4.07. The van der Waals surface area contributed by atoms with Crippen LogP contribution in [0.2, 0.25) is 0 Å². The van der Waals surface area contributed by atoms with Crippen molar-refractivity contribution in [2.45, 2.75) is 0 Å². The third-order valence-electron chi connectivity index (χ3n) is 4.07. The smallest absolute Gasteiger partial charge is 0.347 e. The van der Waals surface area contributed by atoms with E-state index < -0.39 is 11.9 Å². The summed E-state index contributed by atoms with van der Waals surface area (Å²) in [5, 5.41) is 0.921. The number of benzene rings is 2. The number of ether oxygens (including phenoxy) is 1. The van der Waals surface area contributed by atoms with Crippen molar-refractivity contribution < 1.29 is 14.3 Å². The summed E-state index contributed by atoms with van der Waals surface area (Å²) in [6.07, 6.45) is 1.86. The van der Waals surface area contributed by atoms with Crippen molar-refractivity contribution in [1.82, 2.24) is 4.57 Å². The van der Waals surface area contributed by atoms with Crippen LogP contribution in [-0.2, 0) is 21.4 Å². The zero-order valence-electron chi connectivity index (χ0n) is 12.4. The minimum Gasteiger partial charge on any atom is -0.386 e. The van der Waals surface area contributed by atoms with Crippen LogP contribution in [0.3, 0.4) is 0 Å². The summed E-state index contributed by atoms with van der Waals surface area (Å²) in [5.74, 6) is -1.19. The molecule has 112 valence electrons. The second-order valence-corrected chi connectivity index (χ2v) is 5.46. The van der Waals surface area contributed by atoms with Gasteiger partial charge in [0.1, 0.15) is 0 Å². The van der Waals surface area contributed by atoms with Crippen molar-refractivity contribution in [2.75, 3.05) is 0 Å². The molecule has 0 N–H and O–H groups in total. The first-order valence-corrected chi connectivity index (χ1v) is 7.27. The minimum absolute atomic E-state index is 0.326. The van der Waals surface area contributed by atoms with E-state index in [4.69, 9.17) is 4.74 Å². The fraction of sp³-hybridized carbons (Fsp3) is 0.0526. The van der Waals surface area contributed by atoms with E-state index in [9.17, 15) is 9.59 Å². The second-order valence-electron chi connectivity index (χ2n) is 5.46. The maximum atomic E-state index is 12.3. The van der Waals surface area contributed by atoms with Crippen LogP contribution in [-0.4, -0.2) is 16.5 Å². The van der Waals surface area contributed by atoms with Crippen LogP contribution in [0.1, 0.15) is 11.1 Å². The van der Waals surface area contributed by atoms with Gasteiger partial charge in [-0.25, -0.2) is 9.59 Å². The van der Waals surface area contributed by atoms with E-state index >= 15 is 0 Å². The lowest BCUT2D eigenvalue weighted by Crippen LogP contribution is -2.01. The number of rotatable bonds is 2. The van der Waals surface area contributed by atoms with Crippen molar-refractivity contribution in [2.24, 2.45) is 7.05 Å². The first-order valence-electron chi connectivity index (χ1n) is 7.27. The maximum Gasteiger partial charge on any atom is 0.347 e. The van der Waals surface area contributed by atoms with Gasteiger partial charge in [-0.3, -0.25) is 0 Å². The van der Waals surface area contributed by atoms with Gasteiger partial charge in [-0.05, 0) is 11.6 Å². The fourth-order valence-electron chi connectivity index (χ4n) is 3.04. The number of hydrogen-bond acceptors (Lipinski definition) is 3. The van der Waals surface area contributed by atoms with E-state index in [0.717, 1.165) is 16.5 Å². The Morgan fingerprint density at radius 2 is 1.48 bits per heavy atom. The Bertz CT molecular complexity index is 980. The highest BCUT2D eigenvalue weighted by molar-refractivity contribution is 6.45. The highest BCUT2D eigenvalue weighted by atomic mass is 16.6. The molecule has 1 aromatic heterocycles. The second kappa shape index (κ2) is 4.95. The number of carbonyl (C=O) groups is 2. The van der Waals surface area contributed by atoms with E-state index in [1.54, 1.807) is 12.1 Å². The normalized spacial score (nSPS) is 14.7. The molecule has 23 heavy (non-hydrogen) atoms. The number of aryl methyl sites for hydroxylation is 1. The Balaban J connectivity index is 2.05. The molecule has 0 unspecified atom stereocenters. The topological polar surface area (TPSA) is 48.3 Å². The van der Waals surface area contributed by atoms with Gasteiger partial charge < -0.3 is 9.30 Å². The van der Waals surface area contributed by atoms with Crippen molar-refractivity contribution in [3.63, 3.8) is 0 Å². The Kier molecular flexibility index (Phi) is 2.91. The predicted molar refractivity (Wildman–Crippen MR) is 87.3 cm³/mol. The molecule has 1 aliphatic rings. The highest BCUT2D eigenvalue weighted by Crippen LogP contribution is 2.37. The summed E-state index contributed by atoms with van der Waals surface area (Å²) in [7, 11) is 1.91. The molecule has 1 aliphatic heterocycles. The summed E-state index contributed by atoms with van der Waals surface area (Å²) < 4.78 is 6.83. The molecule has 0 aliphatic carbocycles. The number of para-hydroxylation sites is 1. The monoisotopic (exact) mass is 303 g/mol. The number of esters is 2. The van der Waals surface area contributed by atoms with Gasteiger partial charge >= 0.3 is 11.9 Å². The SMILES string of the molecule is Cn1cc(C2=C(c3ccccc3)C(=O)OC2=O)c2ccccc21. The number of hydrogen-bond donors (Lipinski definition) is 0. The van der Waals surface area contributed by atoms with Crippen LogP contribution < -0.4 is 0 Å². The van der Waals surface area contributed by atoms with Gasteiger partial charge in [0.15, 0.2) is 0 Å². The molecule has 4 rings (SSSR count). The van der Waals surface area contributed by atoms with Crippen LogP contribution in [0.15, 0.2) is 60.8 Å². The number of cyclic esters (lactones) is 2. The molecule has 0 bridgehead atoms. The Labute approximate surface area is 132 Å². The summed E-state index contributed by atoms with van der Waals surface area (Å²) in [4.78, 5) is 24.5. The number of aromatic nitrogens is 1. The number of carbonyl (C=O) groups excluding carboxylic acids is 2. The van der Waals surface area contributed by atoms with E-state index in [2.05, 4.69) is 0 Å². The third kappa shape index (κ3) is 1.99. The molecule has 2 aromatic carbocycles. The average molecular weight is 303 g/mol. The average Bonchev–Trinajstić information content (AvgIpc) is 3.05. The zero-order chi connectivity index (χ0) is 16.0. The van der Waals surface area contributed by atoms with Gasteiger partial charge in [0.05, 0.1) is 11.1 Å². The molecule has 0 amide bonds. The standard InChI is InChI=1S/C19H13NO3/c1-20-11-14(13-9-5-6-10-15(13)20)17-16(18(21)23-19(17)22)12-7-3-2-4-8-12/h2-11H,1H3. The van der Waals surface area contributed by atoms with Gasteiger partial charge in [-0.1, -0.05) is 48.5 Å². The first-order chi connectivity index (χ1) is 11.2. The van der Waals surface area contributed by atoms with Crippen molar-refractivity contribution >= 4 is 34.0 Å². The molecular formula is C19H13NO3. The molecule has 0 saturated heterocycles. The van der Waals surface area contributed by atoms with Crippen LogP contribution in [0, 0.1) is 0 Å². The van der Waals surface area contributed by atoms with Gasteiger partial charge in [0, 0.05) is 29.7 Å². The lowest BCUT2D eigenvalue weighted by molar-refractivity contribution is -0.149. The molecular weight excluding hydrogens is 290 g/mol. The number of fused-ring (bicyclic) bond motifs is 1. The van der Waals surface area contributed by atoms with Crippen molar-refractivity contribution in [3.05, 3.63) is 71.9 Å². The summed E-state index contributed by atoms with van der Waals surface area (Å²) in [5.41, 5.74) is 3.06. The highest BCUT2D eigenvalue weighted by Gasteiger charge is 2.36. The molecule has 0 radical (unpaired) electrons. The molecule has 4 nitrogen and oxygen atoms in total. The van der Waals surface area contributed by atoms with E-state index in [-0.39, 0.29) is 0 Å². The van der Waals surface area contributed by atoms with Crippen LogP contribution in [0.5, 0.6) is 0 Å². The zero-order valence-corrected chi connectivity index (χ0v) is 12.4. The summed E-state index contributed by atoms with van der Waals surface area (Å²) in [6.45, 7) is 0. The predicted octanol–water partition coefficient (Wildman–Crippen LogP) is 3.17. The molecule has 0 saturated carbocycles. The van der Waals surface area contributed by atoms with Crippen LogP contribution in [0.25, 0.3) is 22.0 Å². The van der Waals surface area contributed by atoms with Crippen LogP contribution in [0.4, 0.5) is 0 Å². The van der Waals surface area contributed by atoms with Crippen molar-refractivity contribution in [1.29, 1.82) is 0 Å². The molecule has 0 spiro atoms. The molecule has 0 atom stereocenters.